The molecule has 3 aliphatic rings. The molecule has 0 saturated carbocycles. The Labute approximate surface area is 238 Å². The molecule has 2 fully saturated rings. The molecule has 2 aliphatic heterocycles. The third-order valence-electron chi connectivity index (χ3n) is 9.43. The van der Waals surface area contributed by atoms with Gasteiger partial charge in [0.05, 0.1) is 27.2 Å². The fraction of sp³-hybridized carbons (Fsp3) is 0.294. The molecule has 4 atom stereocenters. The lowest BCUT2D eigenvalue weighted by atomic mass is 9.67. The monoisotopic (exact) mass is 549 g/mol. The summed E-state index contributed by atoms with van der Waals surface area (Å²) in [7, 11) is 4.69. The Morgan fingerprint density at radius 2 is 1.59 bits per heavy atom. The molecule has 4 aromatic rings. The Morgan fingerprint density at radius 1 is 0.902 bits per heavy atom. The predicted molar refractivity (Wildman–Crippen MR) is 154 cm³/mol. The number of hydrogen-bond acceptors (Lipinski definition) is 7. The quantitative estimate of drug-likeness (QED) is 0.308. The number of nitrogens with zero attached hydrogens (tertiary/aromatic N) is 1. The zero-order chi connectivity index (χ0) is 28.5. The number of benzene rings is 4. The second-order valence-electron chi connectivity index (χ2n) is 11.0. The number of methoxy groups -OCH3 is 3. The van der Waals surface area contributed by atoms with Crippen molar-refractivity contribution < 1.29 is 28.9 Å². The summed E-state index contributed by atoms with van der Waals surface area (Å²) >= 11 is 0. The lowest BCUT2D eigenvalue weighted by molar-refractivity contribution is 0.0519. The average molecular weight is 550 g/mol. The minimum Gasteiger partial charge on any atom is -0.504 e. The Bertz CT molecular complexity index is 1700. The summed E-state index contributed by atoms with van der Waals surface area (Å²) in [6.45, 7) is 0.692. The van der Waals surface area contributed by atoms with E-state index >= 15 is 4.79 Å². The van der Waals surface area contributed by atoms with Crippen molar-refractivity contribution in [3.63, 3.8) is 0 Å². The standard InChI is InChI=1S/C34H31NO6/c1-39-25-13-6-14-26(40-2)30(25)29-23-12-7-17-35(23)34(31(29)32(37)20-15-16-24(36)27(18-20)41-3)22-11-5-9-19-8-4-10-21(28(19)22)33(34)38/h4-6,8-11,13-16,18,23,29,31,36H,7,12,17H2,1-3H3. The van der Waals surface area contributed by atoms with Crippen LogP contribution in [0.5, 0.6) is 23.0 Å². The van der Waals surface area contributed by atoms with E-state index < -0.39 is 17.4 Å². The Kier molecular flexibility index (Phi) is 5.84. The zero-order valence-electron chi connectivity index (χ0n) is 23.2. The molecule has 2 saturated heterocycles. The van der Waals surface area contributed by atoms with Crippen LogP contribution in [0.2, 0.25) is 0 Å². The molecule has 1 aliphatic carbocycles. The number of fused-ring (bicyclic) bond motifs is 3. The van der Waals surface area contributed by atoms with Crippen LogP contribution in [0.4, 0.5) is 0 Å². The molecule has 7 heteroatoms. The van der Waals surface area contributed by atoms with Crippen molar-refractivity contribution in [2.45, 2.75) is 30.3 Å². The summed E-state index contributed by atoms with van der Waals surface area (Å²) in [5.74, 6) is -0.0190. The number of carbonyl (C=O) groups excluding carboxylic acids is 2. The zero-order valence-corrected chi connectivity index (χ0v) is 23.2. The maximum absolute atomic E-state index is 15.0. The van der Waals surface area contributed by atoms with E-state index in [1.54, 1.807) is 26.4 Å². The van der Waals surface area contributed by atoms with Crippen molar-refractivity contribution in [2.24, 2.45) is 5.92 Å². The van der Waals surface area contributed by atoms with E-state index in [2.05, 4.69) is 4.90 Å². The first-order chi connectivity index (χ1) is 20.0. The van der Waals surface area contributed by atoms with Crippen LogP contribution in [0.1, 0.15) is 50.6 Å². The maximum atomic E-state index is 15.0. The van der Waals surface area contributed by atoms with E-state index in [1.807, 2.05) is 54.6 Å². The molecule has 0 bridgehead atoms. The van der Waals surface area contributed by atoms with E-state index in [4.69, 9.17) is 14.2 Å². The highest BCUT2D eigenvalue weighted by Crippen LogP contribution is 2.64. The number of ketones is 2. The van der Waals surface area contributed by atoms with Gasteiger partial charge in [0.25, 0.3) is 0 Å². The molecule has 0 aromatic heterocycles. The first-order valence-electron chi connectivity index (χ1n) is 13.9. The average Bonchev–Trinajstić information content (AvgIpc) is 3.66. The van der Waals surface area contributed by atoms with Gasteiger partial charge in [-0.05, 0) is 66.1 Å². The summed E-state index contributed by atoms with van der Waals surface area (Å²) in [4.78, 5) is 32.2. The van der Waals surface area contributed by atoms with Gasteiger partial charge in [-0.1, -0.05) is 42.5 Å². The molecule has 0 radical (unpaired) electrons. The van der Waals surface area contributed by atoms with Crippen LogP contribution in [0.25, 0.3) is 10.8 Å². The second-order valence-corrected chi connectivity index (χ2v) is 11.0. The molecule has 1 N–H and O–H groups in total. The second kappa shape index (κ2) is 9.35. The Hall–Kier alpha value is -4.36. The lowest BCUT2D eigenvalue weighted by Crippen LogP contribution is -2.51. The van der Waals surface area contributed by atoms with Gasteiger partial charge in [0, 0.05) is 28.7 Å². The van der Waals surface area contributed by atoms with Crippen LogP contribution in [0, 0.1) is 5.92 Å². The summed E-state index contributed by atoms with van der Waals surface area (Å²) < 4.78 is 17.1. The molecule has 2 heterocycles. The smallest absolute Gasteiger partial charge is 0.189 e. The fourth-order valence-corrected chi connectivity index (χ4v) is 7.96. The van der Waals surface area contributed by atoms with Crippen molar-refractivity contribution in [3.05, 3.63) is 95.1 Å². The van der Waals surface area contributed by atoms with E-state index in [0.717, 1.165) is 34.7 Å². The number of ether oxygens (including phenoxy) is 3. The summed E-state index contributed by atoms with van der Waals surface area (Å²) in [5.41, 5.74) is 1.50. The van der Waals surface area contributed by atoms with Crippen molar-refractivity contribution in [1.82, 2.24) is 4.90 Å². The highest BCUT2D eigenvalue weighted by atomic mass is 16.5. The SMILES string of the molecule is COc1cc(C(=O)C2C(c3c(OC)cccc3OC)C3CCCN3C23C(=O)c2cccc4cccc3c24)ccc1O. The number of rotatable bonds is 6. The topological polar surface area (TPSA) is 85.3 Å². The van der Waals surface area contributed by atoms with Crippen molar-refractivity contribution in [2.75, 3.05) is 27.9 Å². The van der Waals surface area contributed by atoms with Gasteiger partial charge >= 0.3 is 0 Å². The molecule has 0 amide bonds. The van der Waals surface area contributed by atoms with Gasteiger partial charge in [0.2, 0.25) is 0 Å². The van der Waals surface area contributed by atoms with Gasteiger partial charge in [0.15, 0.2) is 23.1 Å². The molecule has 208 valence electrons. The third kappa shape index (κ3) is 3.29. The lowest BCUT2D eigenvalue weighted by Gasteiger charge is -2.38. The largest absolute Gasteiger partial charge is 0.504 e. The van der Waals surface area contributed by atoms with Gasteiger partial charge < -0.3 is 19.3 Å². The molecular weight excluding hydrogens is 518 g/mol. The van der Waals surface area contributed by atoms with Crippen molar-refractivity contribution in [1.29, 1.82) is 0 Å². The van der Waals surface area contributed by atoms with Crippen LogP contribution >= 0.6 is 0 Å². The number of aromatic hydroxyl groups is 1. The van der Waals surface area contributed by atoms with Gasteiger partial charge in [-0.2, -0.15) is 0 Å². The molecule has 4 unspecified atom stereocenters. The van der Waals surface area contributed by atoms with Crippen LogP contribution in [0.3, 0.4) is 0 Å². The van der Waals surface area contributed by atoms with Crippen LogP contribution in [-0.2, 0) is 5.54 Å². The van der Waals surface area contributed by atoms with Crippen molar-refractivity contribution in [3.8, 4) is 23.0 Å². The van der Waals surface area contributed by atoms with Crippen LogP contribution < -0.4 is 14.2 Å². The van der Waals surface area contributed by atoms with Gasteiger partial charge in [0.1, 0.15) is 17.0 Å². The van der Waals surface area contributed by atoms with E-state index in [9.17, 15) is 9.90 Å². The summed E-state index contributed by atoms with van der Waals surface area (Å²) in [6.07, 6.45) is 1.74. The molecule has 1 spiro atoms. The maximum Gasteiger partial charge on any atom is 0.189 e. The Morgan fingerprint density at radius 3 is 2.29 bits per heavy atom. The summed E-state index contributed by atoms with van der Waals surface area (Å²) in [5, 5.41) is 12.2. The highest BCUT2D eigenvalue weighted by molar-refractivity contribution is 6.23. The minimum atomic E-state index is -1.21. The number of hydrogen-bond donors (Lipinski definition) is 1. The van der Waals surface area contributed by atoms with Gasteiger partial charge in [-0.15, -0.1) is 0 Å². The van der Waals surface area contributed by atoms with E-state index in [0.29, 0.717) is 29.2 Å². The number of carbonyl (C=O) groups is 2. The van der Waals surface area contributed by atoms with Crippen molar-refractivity contribution >= 4 is 22.3 Å². The number of Topliss-reactive ketones (excluding diaryl/α,β-unsaturated/α-hetero) is 2. The third-order valence-corrected chi connectivity index (χ3v) is 9.43. The first kappa shape index (κ1) is 25.6. The van der Waals surface area contributed by atoms with Gasteiger partial charge in [-0.25, -0.2) is 0 Å². The summed E-state index contributed by atoms with van der Waals surface area (Å²) in [6, 6.07) is 22.0. The van der Waals surface area contributed by atoms with E-state index in [-0.39, 0.29) is 29.1 Å². The molecule has 7 rings (SSSR count). The Balaban J connectivity index is 1.56. The van der Waals surface area contributed by atoms with Crippen LogP contribution in [0.15, 0.2) is 72.8 Å². The normalized spacial score (nSPS) is 24.7. The predicted octanol–water partition coefficient (Wildman–Crippen LogP) is 5.72. The first-order valence-corrected chi connectivity index (χ1v) is 13.9. The highest BCUT2D eigenvalue weighted by Gasteiger charge is 2.69. The molecule has 41 heavy (non-hydrogen) atoms. The van der Waals surface area contributed by atoms with Crippen LogP contribution in [-0.4, -0.2) is 55.5 Å². The molecule has 7 nitrogen and oxygen atoms in total. The van der Waals surface area contributed by atoms with Gasteiger partial charge in [-0.3, -0.25) is 14.5 Å². The van der Waals surface area contributed by atoms with E-state index in [1.165, 1.54) is 13.2 Å². The minimum absolute atomic E-state index is 0.0448. The number of phenols is 1. The molecule has 4 aromatic carbocycles. The fourth-order valence-electron chi connectivity index (χ4n) is 7.96. The number of phenolic OH excluding ortho intramolecular Hbond substituents is 1. The molecular formula is C34H31NO6.